The standard InChI is InChI=1S/C22H23N3O4S2/c1-16-3-5-17(6-4-16)21-23-20(15-30-21)22(26)24-11-13-25(14-12-24)31(27,28)19-9-7-18(29-2)8-10-19/h3-10,15H,11-14H2,1-2H3. The predicted molar refractivity (Wildman–Crippen MR) is 120 cm³/mol. The summed E-state index contributed by atoms with van der Waals surface area (Å²) in [7, 11) is -2.08. The van der Waals surface area contributed by atoms with E-state index in [1.807, 2.05) is 31.2 Å². The molecular weight excluding hydrogens is 434 g/mol. The molecule has 1 aromatic heterocycles. The molecule has 162 valence electrons. The van der Waals surface area contributed by atoms with Gasteiger partial charge in [-0.25, -0.2) is 13.4 Å². The number of methoxy groups -OCH3 is 1. The van der Waals surface area contributed by atoms with Crippen molar-refractivity contribution in [2.75, 3.05) is 33.3 Å². The SMILES string of the molecule is COc1ccc(S(=O)(=O)N2CCN(C(=O)c3csc(-c4ccc(C)cc4)n3)CC2)cc1. The highest BCUT2D eigenvalue weighted by Crippen LogP contribution is 2.25. The molecule has 0 aliphatic carbocycles. The third-order valence-electron chi connectivity index (χ3n) is 5.24. The minimum absolute atomic E-state index is 0.170. The molecule has 0 atom stereocenters. The fourth-order valence-corrected chi connectivity index (χ4v) is 5.61. The molecule has 1 amide bonds. The molecule has 2 aromatic carbocycles. The monoisotopic (exact) mass is 457 g/mol. The van der Waals surface area contributed by atoms with Crippen LogP contribution in [0.2, 0.25) is 0 Å². The van der Waals surface area contributed by atoms with Crippen LogP contribution in [0.25, 0.3) is 10.6 Å². The molecule has 1 aliphatic rings. The van der Waals surface area contributed by atoms with Gasteiger partial charge in [0.15, 0.2) is 0 Å². The second-order valence-electron chi connectivity index (χ2n) is 7.28. The van der Waals surface area contributed by atoms with Crippen LogP contribution in [0.1, 0.15) is 16.1 Å². The third-order valence-corrected chi connectivity index (χ3v) is 8.05. The molecule has 2 heterocycles. The lowest BCUT2D eigenvalue weighted by atomic mass is 10.2. The van der Waals surface area contributed by atoms with Gasteiger partial charge < -0.3 is 9.64 Å². The number of thiazole rings is 1. The molecule has 0 saturated carbocycles. The molecule has 0 bridgehead atoms. The van der Waals surface area contributed by atoms with Gasteiger partial charge in [-0.2, -0.15) is 4.31 Å². The number of hydrogen-bond donors (Lipinski definition) is 0. The predicted octanol–water partition coefficient (Wildman–Crippen LogP) is 3.27. The summed E-state index contributed by atoms with van der Waals surface area (Å²) < 4.78 is 32.3. The van der Waals surface area contributed by atoms with E-state index in [4.69, 9.17) is 4.74 Å². The molecule has 3 aromatic rings. The van der Waals surface area contributed by atoms with Crippen LogP contribution in [0.15, 0.2) is 58.8 Å². The van der Waals surface area contributed by atoms with Gasteiger partial charge in [0.2, 0.25) is 10.0 Å². The number of sulfonamides is 1. The Morgan fingerprint density at radius 1 is 1.00 bits per heavy atom. The van der Waals surface area contributed by atoms with Crippen LogP contribution in [0.3, 0.4) is 0 Å². The lowest BCUT2D eigenvalue weighted by molar-refractivity contribution is 0.0693. The van der Waals surface area contributed by atoms with Gasteiger partial charge in [0, 0.05) is 37.1 Å². The highest BCUT2D eigenvalue weighted by Gasteiger charge is 2.31. The number of aryl methyl sites for hydroxylation is 1. The number of piperazine rings is 1. The molecule has 1 saturated heterocycles. The average Bonchev–Trinajstić information content (AvgIpc) is 3.29. The van der Waals surface area contributed by atoms with Crippen molar-refractivity contribution >= 4 is 27.3 Å². The van der Waals surface area contributed by atoms with Gasteiger partial charge in [-0.1, -0.05) is 29.8 Å². The molecule has 0 unspecified atom stereocenters. The smallest absolute Gasteiger partial charge is 0.273 e. The molecule has 9 heteroatoms. The van der Waals surface area contributed by atoms with Gasteiger partial charge in [0.05, 0.1) is 12.0 Å². The Morgan fingerprint density at radius 3 is 2.26 bits per heavy atom. The first-order valence-corrected chi connectivity index (χ1v) is 12.2. The lowest BCUT2D eigenvalue weighted by Gasteiger charge is -2.33. The number of carbonyl (C=O) groups excluding carboxylic acids is 1. The van der Waals surface area contributed by atoms with Crippen LogP contribution < -0.4 is 4.74 Å². The maximum atomic E-state index is 12.9. The van der Waals surface area contributed by atoms with E-state index in [9.17, 15) is 13.2 Å². The summed E-state index contributed by atoms with van der Waals surface area (Å²) >= 11 is 1.43. The van der Waals surface area contributed by atoms with E-state index in [1.165, 1.54) is 40.4 Å². The number of nitrogens with zero attached hydrogens (tertiary/aromatic N) is 3. The van der Waals surface area contributed by atoms with Crippen molar-refractivity contribution in [1.29, 1.82) is 0 Å². The zero-order chi connectivity index (χ0) is 22.0. The quantitative estimate of drug-likeness (QED) is 0.588. The largest absolute Gasteiger partial charge is 0.497 e. The fourth-order valence-electron chi connectivity index (χ4n) is 3.39. The third kappa shape index (κ3) is 4.48. The molecule has 0 spiro atoms. The molecular formula is C22H23N3O4S2. The zero-order valence-electron chi connectivity index (χ0n) is 17.3. The molecule has 1 aliphatic heterocycles. The summed E-state index contributed by atoms with van der Waals surface area (Å²) in [5, 5.41) is 2.56. The van der Waals surface area contributed by atoms with Crippen molar-refractivity contribution in [2.24, 2.45) is 0 Å². The van der Waals surface area contributed by atoms with Crippen molar-refractivity contribution in [3.05, 3.63) is 65.2 Å². The van der Waals surface area contributed by atoms with Crippen molar-refractivity contribution in [3.63, 3.8) is 0 Å². The van der Waals surface area contributed by atoms with Crippen LogP contribution in [0.4, 0.5) is 0 Å². The first kappa shape index (κ1) is 21.5. The average molecular weight is 458 g/mol. The zero-order valence-corrected chi connectivity index (χ0v) is 18.9. The van der Waals surface area contributed by atoms with E-state index in [2.05, 4.69) is 4.98 Å². The Balaban J connectivity index is 1.41. The van der Waals surface area contributed by atoms with Crippen LogP contribution in [-0.2, 0) is 10.0 Å². The second kappa shape index (κ2) is 8.78. The Hall–Kier alpha value is -2.75. The first-order valence-electron chi connectivity index (χ1n) is 9.84. The highest BCUT2D eigenvalue weighted by atomic mass is 32.2. The molecule has 4 rings (SSSR count). The lowest BCUT2D eigenvalue weighted by Crippen LogP contribution is -2.50. The summed E-state index contributed by atoms with van der Waals surface area (Å²) in [5.41, 5.74) is 2.54. The van der Waals surface area contributed by atoms with Gasteiger partial charge in [0.1, 0.15) is 16.5 Å². The summed E-state index contributed by atoms with van der Waals surface area (Å²) in [6, 6.07) is 14.3. The van der Waals surface area contributed by atoms with Crippen LogP contribution in [0, 0.1) is 6.92 Å². The van der Waals surface area contributed by atoms with Gasteiger partial charge in [-0.3, -0.25) is 4.79 Å². The minimum Gasteiger partial charge on any atom is -0.497 e. The summed E-state index contributed by atoms with van der Waals surface area (Å²) in [4.78, 5) is 19.3. The Labute approximate surface area is 186 Å². The van der Waals surface area contributed by atoms with Crippen LogP contribution in [-0.4, -0.2) is 61.8 Å². The number of ether oxygens (including phenoxy) is 1. The van der Waals surface area contributed by atoms with Crippen LogP contribution in [0.5, 0.6) is 5.75 Å². The van der Waals surface area contributed by atoms with Gasteiger partial charge in [-0.05, 0) is 31.2 Å². The summed E-state index contributed by atoms with van der Waals surface area (Å²) in [6.45, 7) is 3.16. The van der Waals surface area contributed by atoms with E-state index < -0.39 is 10.0 Å². The van der Waals surface area contributed by atoms with E-state index in [0.717, 1.165) is 10.6 Å². The van der Waals surface area contributed by atoms with Gasteiger partial charge in [0.25, 0.3) is 5.91 Å². The van der Waals surface area contributed by atoms with Crippen molar-refractivity contribution in [1.82, 2.24) is 14.2 Å². The molecule has 0 radical (unpaired) electrons. The molecule has 7 nitrogen and oxygen atoms in total. The molecule has 0 N–H and O–H groups in total. The van der Waals surface area contributed by atoms with Crippen molar-refractivity contribution in [3.8, 4) is 16.3 Å². The first-order chi connectivity index (χ1) is 14.9. The highest BCUT2D eigenvalue weighted by molar-refractivity contribution is 7.89. The second-order valence-corrected chi connectivity index (χ2v) is 10.1. The Morgan fingerprint density at radius 2 is 1.65 bits per heavy atom. The minimum atomic E-state index is -3.61. The molecule has 1 fully saturated rings. The summed E-state index contributed by atoms with van der Waals surface area (Å²) in [5.74, 6) is 0.429. The van der Waals surface area contributed by atoms with E-state index in [1.54, 1.807) is 22.4 Å². The van der Waals surface area contributed by atoms with Gasteiger partial charge >= 0.3 is 0 Å². The van der Waals surface area contributed by atoms with Crippen LogP contribution >= 0.6 is 11.3 Å². The number of amides is 1. The number of benzene rings is 2. The Kier molecular flexibility index (Phi) is 6.08. The van der Waals surface area contributed by atoms with E-state index >= 15 is 0 Å². The van der Waals surface area contributed by atoms with E-state index in [-0.39, 0.29) is 23.9 Å². The molecule has 31 heavy (non-hydrogen) atoms. The number of carbonyl (C=O) groups is 1. The van der Waals surface area contributed by atoms with E-state index in [0.29, 0.717) is 24.5 Å². The fraction of sp³-hybridized carbons (Fsp3) is 0.273. The maximum Gasteiger partial charge on any atom is 0.273 e. The number of aromatic nitrogens is 1. The number of rotatable bonds is 5. The van der Waals surface area contributed by atoms with Crippen molar-refractivity contribution < 1.29 is 17.9 Å². The number of hydrogen-bond acceptors (Lipinski definition) is 6. The van der Waals surface area contributed by atoms with Crippen molar-refractivity contribution in [2.45, 2.75) is 11.8 Å². The maximum absolute atomic E-state index is 12.9. The Bertz CT molecular complexity index is 1160. The normalized spacial score (nSPS) is 15.1. The summed E-state index contributed by atoms with van der Waals surface area (Å²) in [6.07, 6.45) is 0. The topological polar surface area (TPSA) is 79.8 Å². The van der Waals surface area contributed by atoms with Gasteiger partial charge in [-0.15, -0.1) is 11.3 Å².